The molecule has 2 heteroatoms. The Labute approximate surface area is 362 Å². The maximum Gasteiger partial charge on any atom is 0.0561 e. The van der Waals surface area contributed by atoms with Crippen molar-refractivity contribution in [2.24, 2.45) is 0 Å². The van der Waals surface area contributed by atoms with Gasteiger partial charge in [-0.3, -0.25) is 0 Å². The molecule has 11 aromatic rings. The second-order valence-corrected chi connectivity index (χ2v) is 16.6. The van der Waals surface area contributed by atoms with Crippen LogP contribution in [0.2, 0.25) is 0 Å². The molecular weight excluding hydrogens is 749 g/mol. The Hall–Kier alpha value is -7.94. The molecule has 0 aliphatic heterocycles. The molecule has 0 fully saturated rings. The fourth-order valence-electron chi connectivity index (χ4n) is 10.4. The van der Waals surface area contributed by atoms with Gasteiger partial charge in [-0.15, -0.1) is 0 Å². The predicted molar refractivity (Wildman–Crippen MR) is 261 cm³/mol. The third kappa shape index (κ3) is 5.50. The SMILES string of the molecule is CC1(c2ccccc2)c2ccccc2-c2ccc(N(c3ccc4c5ccccc5n(-c5ccccc5)c4c3)c3ccccc3-c3cccc4cccc(-c5ccccc5)c34)cc21. The number of anilines is 3. The summed E-state index contributed by atoms with van der Waals surface area (Å²) in [6, 6.07) is 86.9. The standard InChI is InChI=1S/C60H42N2/c1-60(43-23-7-3-8-24-43)54-32-14-11-27-48(54)49-37-35-45(39-55(49)60)61(46-36-38-52-50-28-12-16-34-57(50)62(58(52)40-46)44-25-9-4-10-26-44)56-33-15-13-29-51(56)53-31-18-22-42-21-17-30-47(59(42)53)41-19-5-2-6-20-41/h2-40H,1H3. The second-order valence-electron chi connectivity index (χ2n) is 16.6. The molecule has 62 heavy (non-hydrogen) atoms. The van der Waals surface area contributed by atoms with Gasteiger partial charge in [0.2, 0.25) is 0 Å². The molecule has 0 radical (unpaired) electrons. The average molecular weight is 791 g/mol. The van der Waals surface area contributed by atoms with E-state index in [0.29, 0.717) is 0 Å². The lowest BCUT2D eigenvalue weighted by Gasteiger charge is -2.32. The maximum absolute atomic E-state index is 2.50. The Balaban J connectivity index is 1.15. The number of rotatable bonds is 7. The number of benzene rings is 10. The van der Waals surface area contributed by atoms with E-state index in [2.05, 4.69) is 253 Å². The lowest BCUT2D eigenvalue weighted by Crippen LogP contribution is -2.23. The number of aromatic nitrogens is 1. The van der Waals surface area contributed by atoms with Crippen LogP contribution in [0.4, 0.5) is 17.1 Å². The summed E-state index contributed by atoms with van der Waals surface area (Å²) in [5, 5.41) is 4.93. The van der Waals surface area contributed by atoms with Crippen LogP contribution in [0.25, 0.3) is 71.6 Å². The van der Waals surface area contributed by atoms with E-state index < -0.39 is 0 Å². The van der Waals surface area contributed by atoms with Gasteiger partial charge >= 0.3 is 0 Å². The van der Waals surface area contributed by atoms with E-state index in [1.807, 2.05) is 0 Å². The van der Waals surface area contributed by atoms with Crippen LogP contribution in [0.1, 0.15) is 23.6 Å². The number of fused-ring (bicyclic) bond motifs is 7. The molecule has 1 aromatic heterocycles. The zero-order valence-electron chi connectivity index (χ0n) is 34.4. The van der Waals surface area contributed by atoms with Crippen LogP contribution in [0.5, 0.6) is 0 Å². The minimum absolute atomic E-state index is 0.349. The first-order chi connectivity index (χ1) is 30.7. The van der Waals surface area contributed by atoms with Gasteiger partial charge in [-0.25, -0.2) is 0 Å². The van der Waals surface area contributed by atoms with Crippen molar-refractivity contribution in [1.82, 2.24) is 4.57 Å². The Kier molecular flexibility index (Phi) is 8.33. The first-order valence-electron chi connectivity index (χ1n) is 21.5. The summed E-state index contributed by atoms with van der Waals surface area (Å²) in [4.78, 5) is 2.50. The zero-order valence-corrected chi connectivity index (χ0v) is 34.4. The molecule has 0 spiro atoms. The minimum atomic E-state index is -0.349. The molecule has 1 atom stereocenters. The van der Waals surface area contributed by atoms with Crippen molar-refractivity contribution in [1.29, 1.82) is 0 Å². The van der Waals surface area contributed by atoms with Crippen LogP contribution >= 0.6 is 0 Å². The summed E-state index contributed by atoms with van der Waals surface area (Å²) >= 11 is 0. The van der Waals surface area contributed by atoms with E-state index in [1.54, 1.807) is 0 Å². The number of hydrogen-bond donors (Lipinski definition) is 0. The summed E-state index contributed by atoms with van der Waals surface area (Å²) in [7, 11) is 0. The Morgan fingerprint density at radius 3 is 1.77 bits per heavy atom. The van der Waals surface area contributed by atoms with Crippen LogP contribution in [0.3, 0.4) is 0 Å². The largest absolute Gasteiger partial charge is 0.310 e. The predicted octanol–water partition coefficient (Wildman–Crippen LogP) is 16.1. The van der Waals surface area contributed by atoms with Gasteiger partial charge < -0.3 is 9.47 Å². The molecule has 0 N–H and O–H groups in total. The highest BCUT2D eigenvalue weighted by molar-refractivity contribution is 6.12. The van der Waals surface area contributed by atoms with E-state index >= 15 is 0 Å². The fraction of sp³-hybridized carbons (Fsp3) is 0.0333. The lowest BCUT2D eigenvalue weighted by molar-refractivity contribution is 0.714. The molecule has 10 aromatic carbocycles. The van der Waals surface area contributed by atoms with Crippen molar-refractivity contribution in [3.8, 4) is 39.1 Å². The molecule has 292 valence electrons. The van der Waals surface area contributed by atoms with Gasteiger partial charge in [-0.2, -0.15) is 0 Å². The van der Waals surface area contributed by atoms with Crippen LogP contribution in [-0.2, 0) is 5.41 Å². The van der Waals surface area contributed by atoms with Crippen LogP contribution < -0.4 is 4.90 Å². The third-order valence-electron chi connectivity index (χ3n) is 13.3. The molecule has 0 amide bonds. The highest BCUT2D eigenvalue weighted by Crippen LogP contribution is 2.54. The zero-order chi connectivity index (χ0) is 41.2. The number of nitrogens with zero attached hydrogens (tertiary/aromatic N) is 2. The van der Waals surface area contributed by atoms with Gasteiger partial charge in [0.25, 0.3) is 0 Å². The maximum atomic E-state index is 2.50. The molecule has 1 aliphatic rings. The number of hydrogen-bond acceptors (Lipinski definition) is 1. The molecule has 0 saturated heterocycles. The Morgan fingerprint density at radius 2 is 0.968 bits per heavy atom. The van der Waals surface area contributed by atoms with Crippen molar-refractivity contribution >= 4 is 49.6 Å². The summed E-state index contributed by atoms with van der Waals surface area (Å²) in [6.07, 6.45) is 0. The van der Waals surface area contributed by atoms with Gasteiger partial charge in [-0.1, -0.05) is 188 Å². The van der Waals surface area contributed by atoms with Gasteiger partial charge in [0, 0.05) is 38.8 Å². The van der Waals surface area contributed by atoms with Gasteiger partial charge in [0.1, 0.15) is 0 Å². The summed E-state index contributed by atoms with van der Waals surface area (Å²) < 4.78 is 2.42. The highest BCUT2D eigenvalue weighted by Gasteiger charge is 2.41. The van der Waals surface area contributed by atoms with E-state index in [4.69, 9.17) is 0 Å². The van der Waals surface area contributed by atoms with Crippen molar-refractivity contribution in [2.45, 2.75) is 12.3 Å². The van der Waals surface area contributed by atoms with Crippen molar-refractivity contribution in [3.63, 3.8) is 0 Å². The second kappa shape index (κ2) is 14.4. The lowest BCUT2D eigenvalue weighted by atomic mass is 9.74. The topological polar surface area (TPSA) is 8.17 Å². The molecule has 1 heterocycles. The van der Waals surface area contributed by atoms with Crippen molar-refractivity contribution in [3.05, 3.63) is 253 Å². The summed E-state index contributed by atoms with van der Waals surface area (Å²) in [5.41, 5.74) is 17.8. The van der Waals surface area contributed by atoms with E-state index in [0.717, 1.165) is 28.3 Å². The Morgan fingerprint density at radius 1 is 0.387 bits per heavy atom. The normalized spacial score (nSPS) is 14.3. The van der Waals surface area contributed by atoms with E-state index in [-0.39, 0.29) is 5.41 Å². The number of para-hydroxylation sites is 3. The van der Waals surface area contributed by atoms with Crippen molar-refractivity contribution < 1.29 is 0 Å². The van der Waals surface area contributed by atoms with Gasteiger partial charge in [0.05, 0.1) is 16.7 Å². The fourth-order valence-corrected chi connectivity index (χ4v) is 10.4. The smallest absolute Gasteiger partial charge is 0.0561 e. The molecule has 2 nitrogen and oxygen atoms in total. The molecule has 1 aliphatic carbocycles. The average Bonchev–Trinajstić information content (AvgIpc) is 3.81. The quantitative estimate of drug-likeness (QED) is 0.156. The van der Waals surface area contributed by atoms with Crippen LogP contribution in [0, 0.1) is 0 Å². The molecular formula is C60H42N2. The Bertz CT molecular complexity index is 3470. The molecule has 0 bridgehead atoms. The van der Waals surface area contributed by atoms with E-state index in [9.17, 15) is 0 Å². The third-order valence-corrected chi connectivity index (χ3v) is 13.3. The van der Waals surface area contributed by atoms with Gasteiger partial charge in [0.15, 0.2) is 0 Å². The summed E-state index contributed by atoms with van der Waals surface area (Å²) in [5.74, 6) is 0. The van der Waals surface area contributed by atoms with Gasteiger partial charge in [-0.05, 0) is 111 Å². The van der Waals surface area contributed by atoms with Crippen molar-refractivity contribution in [2.75, 3.05) is 4.90 Å². The monoisotopic (exact) mass is 790 g/mol. The van der Waals surface area contributed by atoms with E-state index in [1.165, 1.54) is 77.1 Å². The highest BCUT2D eigenvalue weighted by atomic mass is 15.1. The summed E-state index contributed by atoms with van der Waals surface area (Å²) in [6.45, 7) is 2.40. The first-order valence-corrected chi connectivity index (χ1v) is 21.5. The molecule has 12 rings (SSSR count). The minimum Gasteiger partial charge on any atom is -0.310 e. The van der Waals surface area contributed by atoms with Crippen LogP contribution in [0.15, 0.2) is 237 Å². The first kappa shape index (κ1) is 36.0. The van der Waals surface area contributed by atoms with Crippen LogP contribution in [-0.4, -0.2) is 4.57 Å². The molecule has 1 unspecified atom stereocenters. The molecule has 0 saturated carbocycles.